The third-order valence-electron chi connectivity index (χ3n) is 7.92. The molecule has 3 rings (SSSR count). The topological polar surface area (TPSA) is 49.4 Å². The van der Waals surface area contributed by atoms with Crippen LogP contribution in [0.1, 0.15) is 150 Å². The molecule has 0 spiro atoms. The van der Waals surface area contributed by atoms with Crippen molar-refractivity contribution in [3.05, 3.63) is 58.7 Å². The zero-order valence-corrected chi connectivity index (χ0v) is 27.5. The van der Waals surface area contributed by atoms with E-state index in [0.29, 0.717) is 17.7 Å². The average Bonchev–Trinajstić information content (AvgIpc) is 2.90. The van der Waals surface area contributed by atoms with Crippen molar-refractivity contribution in [3.8, 4) is 11.5 Å². The van der Waals surface area contributed by atoms with Gasteiger partial charge in [0.25, 0.3) is 0 Å². The Labute approximate surface area is 275 Å². The number of unbranched alkanes of at least 4 members (excludes halogenated alkanes) is 17. The minimum absolute atomic E-state index is 0. The van der Waals surface area contributed by atoms with Crippen molar-refractivity contribution in [2.24, 2.45) is 0 Å². The summed E-state index contributed by atoms with van der Waals surface area (Å²) in [6.07, 6.45) is 25.7. The largest absolute Gasteiger partial charge is 1.00 e. The molecule has 0 atom stereocenters. The van der Waals surface area contributed by atoms with E-state index in [4.69, 9.17) is 4.74 Å². The first-order valence-electron chi connectivity index (χ1n) is 15.3. The van der Waals surface area contributed by atoms with Gasteiger partial charge >= 0.3 is 51.4 Å². The van der Waals surface area contributed by atoms with Gasteiger partial charge in [-0.3, -0.25) is 0 Å². The Morgan fingerprint density at radius 3 is 1.71 bits per heavy atom. The molecule has 0 amide bonds. The number of carbonyl (C=O) groups excluding carboxylic acids is 1. The van der Waals surface area contributed by atoms with Gasteiger partial charge in [-0.15, -0.1) is 0 Å². The van der Waals surface area contributed by atoms with Gasteiger partial charge in [0.2, 0.25) is 0 Å². The van der Waals surface area contributed by atoms with Crippen molar-refractivity contribution in [2.75, 3.05) is 0 Å². The van der Waals surface area contributed by atoms with Gasteiger partial charge in [-0.1, -0.05) is 140 Å². The molecular formula is C34H49KO3. The van der Waals surface area contributed by atoms with Gasteiger partial charge in [0.15, 0.2) is 0 Å². The van der Waals surface area contributed by atoms with E-state index >= 15 is 0 Å². The van der Waals surface area contributed by atoms with Crippen molar-refractivity contribution in [3.63, 3.8) is 0 Å². The Balaban J connectivity index is 0.00000507. The third-order valence-corrected chi connectivity index (χ3v) is 7.92. The third kappa shape index (κ3) is 11.8. The maximum absolute atomic E-state index is 12.0. The molecule has 0 N–H and O–H groups in total. The van der Waals surface area contributed by atoms with Crippen molar-refractivity contribution in [2.45, 2.75) is 135 Å². The number of aromatic carboxylic acids is 1. The van der Waals surface area contributed by atoms with Crippen LogP contribution in [-0.4, -0.2) is 5.97 Å². The molecule has 0 saturated carbocycles. The number of carboxylic acids is 1. The number of rotatable bonds is 20. The van der Waals surface area contributed by atoms with Crippen LogP contribution in [0.4, 0.5) is 0 Å². The van der Waals surface area contributed by atoms with Gasteiger partial charge in [0.1, 0.15) is 11.5 Å². The summed E-state index contributed by atoms with van der Waals surface area (Å²) < 4.78 is 5.97. The Morgan fingerprint density at radius 2 is 1.18 bits per heavy atom. The molecule has 2 aromatic carbocycles. The molecule has 38 heavy (non-hydrogen) atoms. The average molecular weight is 545 g/mol. The van der Waals surface area contributed by atoms with E-state index in [9.17, 15) is 9.90 Å². The van der Waals surface area contributed by atoms with E-state index in [1.807, 2.05) is 36.4 Å². The van der Waals surface area contributed by atoms with Gasteiger partial charge in [-0.2, -0.15) is 0 Å². The number of ether oxygens (including phenoxy) is 1. The molecule has 0 fully saturated rings. The maximum atomic E-state index is 12.0. The fourth-order valence-corrected chi connectivity index (χ4v) is 5.69. The van der Waals surface area contributed by atoms with Gasteiger partial charge in [0.05, 0.1) is 5.97 Å². The summed E-state index contributed by atoms with van der Waals surface area (Å²) in [7, 11) is 0. The van der Waals surface area contributed by atoms with Crippen molar-refractivity contribution in [1.29, 1.82) is 0 Å². The number of fused-ring (bicyclic) bond motifs is 2. The number of para-hydroxylation sites is 1. The van der Waals surface area contributed by atoms with E-state index in [0.717, 1.165) is 41.7 Å². The molecule has 0 saturated heterocycles. The SMILES string of the molecule is CCCCCCCCCCCCCCCCCCCCc1ccc2c(c1C(=O)[O-])Cc1ccccc1O2.[K+]. The Hall–Kier alpha value is -0.654. The van der Waals surface area contributed by atoms with E-state index in [2.05, 4.69) is 6.92 Å². The second kappa shape index (κ2) is 20.3. The second-order valence-electron chi connectivity index (χ2n) is 11.0. The maximum Gasteiger partial charge on any atom is 1.00 e. The molecule has 2 aromatic rings. The van der Waals surface area contributed by atoms with Crippen LogP contribution in [0.2, 0.25) is 0 Å². The molecule has 0 bridgehead atoms. The van der Waals surface area contributed by atoms with Gasteiger partial charge in [-0.05, 0) is 36.1 Å². The monoisotopic (exact) mass is 544 g/mol. The minimum atomic E-state index is -1.09. The molecule has 204 valence electrons. The number of carboxylic acid groups (broad SMARTS) is 1. The minimum Gasteiger partial charge on any atom is -0.545 e. The smallest absolute Gasteiger partial charge is 0.545 e. The van der Waals surface area contributed by atoms with Crippen molar-refractivity contribution >= 4 is 5.97 Å². The molecule has 1 aliphatic rings. The first kappa shape index (κ1) is 33.6. The molecule has 3 nitrogen and oxygen atoms in total. The number of aryl methyl sites for hydroxylation is 1. The molecule has 0 aromatic heterocycles. The number of benzene rings is 2. The summed E-state index contributed by atoms with van der Waals surface area (Å²) in [5.41, 5.74) is 3.03. The van der Waals surface area contributed by atoms with Gasteiger partial charge in [0, 0.05) is 17.5 Å². The first-order chi connectivity index (χ1) is 18.2. The molecular weight excluding hydrogens is 495 g/mol. The number of hydrogen-bond acceptors (Lipinski definition) is 3. The normalized spacial score (nSPS) is 11.8. The van der Waals surface area contributed by atoms with E-state index in [1.54, 1.807) is 0 Å². The van der Waals surface area contributed by atoms with Crippen molar-refractivity contribution in [1.82, 2.24) is 0 Å². The summed E-state index contributed by atoms with van der Waals surface area (Å²) in [4.78, 5) is 12.0. The Bertz CT molecular complexity index is 939. The van der Waals surface area contributed by atoms with Crippen LogP contribution in [0.25, 0.3) is 0 Å². The van der Waals surface area contributed by atoms with E-state index in [1.165, 1.54) is 103 Å². The van der Waals surface area contributed by atoms with Crippen LogP contribution in [0.5, 0.6) is 11.5 Å². The molecule has 4 heteroatoms. The Kier molecular flexibility index (Phi) is 17.9. The molecule has 1 aliphatic heterocycles. The number of carbonyl (C=O) groups is 1. The van der Waals surface area contributed by atoms with Crippen LogP contribution in [-0.2, 0) is 12.8 Å². The van der Waals surface area contributed by atoms with Crippen LogP contribution in [0.15, 0.2) is 36.4 Å². The molecule has 0 radical (unpaired) electrons. The fourth-order valence-electron chi connectivity index (χ4n) is 5.69. The van der Waals surface area contributed by atoms with E-state index < -0.39 is 5.97 Å². The standard InChI is InChI=1S/C34H50O3.K/c1-2-3-4-5-6-7-8-9-10-11-12-13-14-15-16-17-18-19-22-28-25-26-32-30(33(28)34(35)36)27-29-23-20-21-24-31(29)37-32;/h20-21,23-26H,2-19,22,27H2,1H3,(H,35,36);/q;+1/p-1. The van der Waals surface area contributed by atoms with Crippen LogP contribution < -0.4 is 61.2 Å². The number of hydrogen-bond donors (Lipinski definition) is 0. The van der Waals surface area contributed by atoms with Gasteiger partial charge < -0.3 is 14.6 Å². The molecule has 0 unspecified atom stereocenters. The quantitative estimate of drug-likeness (QED) is 0.123. The summed E-state index contributed by atoms with van der Waals surface area (Å²) >= 11 is 0. The van der Waals surface area contributed by atoms with E-state index in [-0.39, 0.29) is 51.4 Å². The van der Waals surface area contributed by atoms with Crippen LogP contribution in [0.3, 0.4) is 0 Å². The Morgan fingerprint density at radius 1 is 0.684 bits per heavy atom. The first-order valence-corrected chi connectivity index (χ1v) is 15.3. The van der Waals surface area contributed by atoms with Gasteiger partial charge in [-0.25, -0.2) is 0 Å². The fraction of sp³-hybridized carbons (Fsp3) is 0.618. The summed E-state index contributed by atoms with van der Waals surface area (Å²) in [6, 6.07) is 11.7. The predicted octanol–water partition coefficient (Wildman–Crippen LogP) is 6.33. The molecule has 1 heterocycles. The van der Waals surface area contributed by atoms with Crippen LogP contribution in [0, 0.1) is 0 Å². The van der Waals surface area contributed by atoms with Crippen LogP contribution >= 0.6 is 0 Å². The molecule has 0 aliphatic carbocycles. The zero-order valence-electron chi connectivity index (χ0n) is 24.3. The summed E-state index contributed by atoms with van der Waals surface area (Å²) in [6.45, 7) is 2.28. The zero-order chi connectivity index (χ0) is 26.1. The summed E-state index contributed by atoms with van der Waals surface area (Å²) in [5, 5.41) is 12.0. The second-order valence-corrected chi connectivity index (χ2v) is 11.0. The summed E-state index contributed by atoms with van der Waals surface area (Å²) in [5.74, 6) is 0.382. The van der Waals surface area contributed by atoms with Crippen molar-refractivity contribution < 1.29 is 66.0 Å². The predicted molar refractivity (Wildman–Crippen MR) is 153 cm³/mol.